The van der Waals surface area contributed by atoms with E-state index in [1.165, 1.54) is 24.8 Å². The molecule has 4 rings (SSSR count). The Hall–Kier alpha value is -1.84. The second-order valence-corrected chi connectivity index (χ2v) is 8.39. The summed E-state index contributed by atoms with van der Waals surface area (Å²) in [5.41, 5.74) is 2.56. The molecule has 0 saturated carbocycles. The molecule has 0 N–H and O–H groups in total. The van der Waals surface area contributed by atoms with Gasteiger partial charge in [-0.15, -0.1) is 0 Å². The van der Waals surface area contributed by atoms with Crippen LogP contribution in [0.1, 0.15) is 36.8 Å². The molecule has 1 amide bonds. The monoisotopic (exact) mass is 382 g/mol. The summed E-state index contributed by atoms with van der Waals surface area (Å²) in [5.74, 6) is 0.239. The van der Waals surface area contributed by atoms with Crippen LogP contribution >= 0.6 is 11.6 Å². The first kappa shape index (κ1) is 18.5. The molecular weight excluding hydrogens is 356 g/mol. The van der Waals surface area contributed by atoms with Gasteiger partial charge >= 0.3 is 0 Å². The molecule has 0 unspecified atom stereocenters. The number of nitrogens with zero attached hydrogens (tertiary/aromatic N) is 2. The Labute approximate surface area is 166 Å². The molecule has 142 valence electrons. The van der Waals surface area contributed by atoms with Crippen LogP contribution in [0, 0.1) is 0 Å². The van der Waals surface area contributed by atoms with Gasteiger partial charge in [-0.05, 0) is 55.5 Å². The van der Waals surface area contributed by atoms with Crippen molar-refractivity contribution in [1.29, 1.82) is 0 Å². The normalized spacial score (nSPS) is 23.1. The smallest absolute Gasteiger partial charge is 0.227 e. The summed E-state index contributed by atoms with van der Waals surface area (Å²) in [6.07, 6.45) is 5.19. The fourth-order valence-corrected chi connectivity index (χ4v) is 4.85. The number of carbonyl (C=O) groups is 1. The second kappa shape index (κ2) is 8.04. The van der Waals surface area contributed by atoms with Crippen molar-refractivity contribution < 1.29 is 4.79 Å². The number of hydrogen-bond acceptors (Lipinski definition) is 2. The summed E-state index contributed by atoms with van der Waals surface area (Å²) in [4.78, 5) is 17.7. The minimum atomic E-state index is 0.156. The molecule has 2 aromatic carbocycles. The Kier molecular flexibility index (Phi) is 5.51. The Morgan fingerprint density at radius 1 is 0.926 bits per heavy atom. The molecule has 0 radical (unpaired) electrons. The molecule has 2 aliphatic rings. The molecule has 4 heteroatoms. The number of halogens is 1. The van der Waals surface area contributed by atoms with Crippen LogP contribution in [0.25, 0.3) is 0 Å². The lowest BCUT2D eigenvalue weighted by molar-refractivity contribution is -0.134. The maximum atomic E-state index is 12.9. The van der Waals surface area contributed by atoms with Crippen molar-refractivity contribution in [2.45, 2.75) is 44.2 Å². The molecule has 3 nitrogen and oxygen atoms in total. The first-order chi connectivity index (χ1) is 13.1. The van der Waals surface area contributed by atoms with Crippen molar-refractivity contribution in [2.75, 3.05) is 19.6 Å². The van der Waals surface area contributed by atoms with E-state index in [2.05, 4.69) is 40.1 Å². The number of hydrogen-bond donors (Lipinski definition) is 0. The average molecular weight is 383 g/mol. The lowest BCUT2D eigenvalue weighted by Crippen LogP contribution is -2.56. The van der Waals surface area contributed by atoms with Crippen LogP contribution in [-0.4, -0.2) is 40.9 Å². The van der Waals surface area contributed by atoms with Gasteiger partial charge in [-0.3, -0.25) is 9.69 Å². The van der Waals surface area contributed by atoms with Crippen molar-refractivity contribution in [1.82, 2.24) is 9.80 Å². The highest BCUT2D eigenvalue weighted by molar-refractivity contribution is 6.30. The minimum absolute atomic E-state index is 0.156. The summed E-state index contributed by atoms with van der Waals surface area (Å²) >= 11 is 5.96. The van der Waals surface area contributed by atoms with Crippen LogP contribution < -0.4 is 0 Å². The van der Waals surface area contributed by atoms with E-state index in [0.29, 0.717) is 11.4 Å². The first-order valence-electron chi connectivity index (χ1n) is 9.96. The highest BCUT2D eigenvalue weighted by Crippen LogP contribution is 2.38. The van der Waals surface area contributed by atoms with Crippen molar-refractivity contribution in [2.24, 2.45) is 0 Å². The Balaban J connectivity index is 1.44. The Bertz CT molecular complexity index is 777. The first-order valence-corrected chi connectivity index (χ1v) is 10.3. The zero-order valence-corrected chi connectivity index (χ0v) is 16.5. The van der Waals surface area contributed by atoms with Gasteiger partial charge < -0.3 is 4.90 Å². The Morgan fingerprint density at radius 3 is 2.37 bits per heavy atom. The molecule has 0 bridgehead atoms. The maximum Gasteiger partial charge on any atom is 0.227 e. The standard InChI is InChI=1S/C23H27ClN2O/c24-21-10-8-19(9-11-21)16-22(27)25-14-4-12-23(18-25)13-5-15-26(23)17-20-6-2-1-3-7-20/h1-3,6-11H,4-5,12-18H2/t23-/m1/s1. The summed E-state index contributed by atoms with van der Waals surface area (Å²) in [5, 5.41) is 0.714. The second-order valence-electron chi connectivity index (χ2n) is 7.96. The summed E-state index contributed by atoms with van der Waals surface area (Å²) in [6.45, 7) is 3.87. The van der Waals surface area contributed by atoms with Crippen molar-refractivity contribution in [3.05, 3.63) is 70.7 Å². The van der Waals surface area contributed by atoms with Crippen LogP contribution in [0.5, 0.6) is 0 Å². The molecule has 2 saturated heterocycles. The van der Waals surface area contributed by atoms with Crippen molar-refractivity contribution in [3.8, 4) is 0 Å². The third-order valence-corrected chi connectivity index (χ3v) is 6.39. The van der Waals surface area contributed by atoms with Gasteiger partial charge in [-0.25, -0.2) is 0 Å². The van der Waals surface area contributed by atoms with E-state index < -0.39 is 0 Å². The zero-order valence-electron chi connectivity index (χ0n) is 15.7. The van der Waals surface area contributed by atoms with E-state index in [4.69, 9.17) is 11.6 Å². The topological polar surface area (TPSA) is 23.6 Å². The van der Waals surface area contributed by atoms with Crippen molar-refractivity contribution in [3.63, 3.8) is 0 Å². The number of amides is 1. The van der Waals surface area contributed by atoms with E-state index in [1.54, 1.807) is 0 Å². The Morgan fingerprint density at radius 2 is 1.63 bits per heavy atom. The predicted octanol–water partition coefficient (Wildman–Crippen LogP) is 4.54. The molecule has 27 heavy (non-hydrogen) atoms. The van der Waals surface area contributed by atoms with Crippen LogP contribution in [-0.2, 0) is 17.8 Å². The fraction of sp³-hybridized carbons (Fsp3) is 0.435. The van der Waals surface area contributed by atoms with Crippen LogP contribution in [0.4, 0.5) is 0 Å². The number of carbonyl (C=O) groups excluding carboxylic acids is 1. The predicted molar refractivity (Wildman–Crippen MR) is 110 cm³/mol. The molecule has 2 aliphatic heterocycles. The van der Waals surface area contributed by atoms with Gasteiger partial charge in [0.05, 0.1) is 6.42 Å². The molecular formula is C23H27ClN2O. The van der Waals surface area contributed by atoms with Gasteiger partial charge in [0, 0.05) is 30.2 Å². The average Bonchev–Trinajstić information content (AvgIpc) is 3.05. The van der Waals surface area contributed by atoms with E-state index in [9.17, 15) is 4.79 Å². The summed E-state index contributed by atoms with van der Waals surface area (Å²) in [6, 6.07) is 18.3. The van der Waals surface area contributed by atoms with Gasteiger partial charge in [0.1, 0.15) is 0 Å². The molecule has 1 atom stereocenters. The van der Waals surface area contributed by atoms with E-state index >= 15 is 0 Å². The minimum Gasteiger partial charge on any atom is -0.341 e. The molecule has 2 aromatic rings. The third-order valence-electron chi connectivity index (χ3n) is 6.13. The van der Waals surface area contributed by atoms with Crippen LogP contribution in [0.2, 0.25) is 5.02 Å². The lowest BCUT2D eigenvalue weighted by atomic mass is 9.86. The largest absolute Gasteiger partial charge is 0.341 e. The van der Waals surface area contributed by atoms with Gasteiger partial charge in [-0.2, -0.15) is 0 Å². The number of benzene rings is 2. The van der Waals surface area contributed by atoms with E-state index in [1.807, 2.05) is 24.3 Å². The lowest BCUT2D eigenvalue weighted by Gasteiger charge is -2.46. The SMILES string of the molecule is O=C(Cc1ccc(Cl)cc1)N1CCC[C@@]2(CCCN2Cc2ccccc2)C1. The quantitative estimate of drug-likeness (QED) is 0.775. The van der Waals surface area contributed by atoms with E-state index in [-0.39, 0.29) is 11.4 Å². The highest BCUT2D eigenvalue weighted by atomic mass is 35.5. The maximum absolute atomic E-state index is 12.9. The van der Waals surface area contributed by atoms with Crippen LogP contribution in [0.15, 0.2) is 54.6 Å². The highest BCUT2D eigenvalue weighted by Gasteiger charge is 2.44. The molecule has 2 heterocycles. The van der Waals surface area contributed by atoms with Gasteiger partial charge in [0.25, 0.3) is 0 Å². The third kappa shape index (κ3) is 4.20. The molecule has 2 fully saturated rings. The zero-order chi connectivity index (χ0) is 18.7. The molecule has 0 aliphatic carbocycles. The van der Waals surface area contributed by atoms with Crippen LogP contribution in [0.3, 0.4) is 0 Å². The summed E-state index contributed by atoms with van der Waals surface area (Å²) in [7, 11) is 0. The van der Waals surface area contributed by atoms with Gasteiger partial charge in [-0.1, -0.05) is 54.1 Å². The summed E-state index contributed by atoms with van der Waals surface area (Å²) < 4.78 is 0. The van der Waals surface area contributed by atoms with Gasteiger partial charge in [0.2, 0.25) is 5.91 Å². The van der Waals surface area contributed by atoms with Gasteiger partial charge in [0.15, 0.2) is 0 Å². The number of likely N-dealkylation sites (tertiary alicyclic amines) is 2. The van der Waals surface area contributed by atoms with E-state index in [0.717, 1.165) is 38.2 Å². The fourth-order valence-electron chi connectivity index (χ4n) is 4.72. The molecule has 1 spiro atoms. The molecule has 0 aromatic heterocycles. The number of piperidine rings is 1. The van der Waals surface area contributed by atoms with Crippen molar-refractivity contribution >= 4 is 17.5 Å². The number of rotatable bonds is 4.